The summed E-state index contributed by atoms with van der Waals surface area (Å²) >= 11 is 4.75. The highest BCUT2D eigenvalue weighted by Gasteiger charge is 2.22. The lowest BCUT2D eigenvalue weighted by atomic mass is 10.1. The van der Waals surface area contributed by atoms with Gasteiger partial charge in [0.15, 0.2) is 16.7 Å². The lowest BCUT2D eigenvalue weighted by molar-refractivity contribution is 0.0994. The molecule has 0 saturated carbocycles. The molecule has 0 saturated heterocycles. The number of aromatic nitrogens is 3. The van der Waals surface area contributed by atoms with E-state index in [9.17, 15) is 4.79 Å². The normalized spacial score (nSPS) is 12.1. The van der Waals surface area contributed by atoms with Crippen molar-refractivity contribution in [1.82, 2.24) is 14.8 Å². The molecule has 0 aliphatic heterocycles. The molecule has 0 amide bonds. The van der Waals surface area contributed by atoms with Crippen LogP contribution in [0.5, 0.6) is 0 Å². The van der Waals surface area contributed by atoms with Crippen molar-refractivity contribution in [3.8, 4) is 11.6 Å². The third-order valence-electron chi connectivity index (χ3n) is 3.55. The van der Waals surface area contributed by atoms with Crippen LogP contribution in [-0.4, -0.2) is 25.8 Å². The first-order valence-electron chi connectivity index (χ1n) is 7.64. The highest BCUT2D eigenvalue weighted by Crippen LogP contribution is 2.28. The second kappa shape index (κ2) is 7.84. The molecule has 0 fully saturated rings. The lowest BCUT2D eigenvalue weighted by Crippen LogP contribution is -2.14. The predicted molar refractivity (Wildman–Crippen MR) is 102 cm³/mol. The van der Waals surface area contributed by atoms with Crippen LogP contribution < -0.4 is 0 Å². The Kier molecular flexibility index (Phi) is 5.55. The summed E-state index contributed by atoms with van der Waals surface area (Å²) in [6.07, 6.45) is 3.36. The number of allylic oxidation sites excluding steroid dienone is 1. The fourth-order valence-corrected chi connectivity index (χ4v) is 3.52. The molecule has 1 aromatic carbocycles. The van der Waals surface area contributed by atoms with Crippen LogP contribution >= 0.6 is 27.7 Å². The van der Waals surface area contributed by atoms with Crippen LogP contribution in [0, 0.1) is 0 Å². The number of rotatable bonds is 7. The zero-order chi connectivity index (χ0) is 17.8. The third kappa shape index (κ3) is 3.93. The molecule has 2 aromatic heterocycles. The van der Waals surface area contributed by atoms with Crippen molar-refractivity contribution in [1.29, 1.82) is 0 Å². The van der Waals surface area contributed by atoms with Gasteiger partial charge in [0.2, 0.25) is 5.82 Å². The summed E-state index contributed by atoms with van der Waals surface area (Å²) < 4.78 is 8.25. The zero-order valence-electron chi connectivity index (χ0n) is 13.6. The van der Waals surface area contributed by atoms with Gasteiger partial charge in [-0.25, -0.2) is 0 Å². The van der Waals surface area contributed by atoms with E-state index in [2.05, 4.69) is 32.7 Å². The number of halogens is 1. The summed E-state index contributed by atoms with van der Waals surface area (Å²) in [5.41, 5.74) is 0.671. The van der Waals surface area contributed by atoms with Gasteiger partial charge >= 0.3 is 0 Å². The van der Waals surface area contributed by atoms with E-state index in [1.54, 1.807) is 18.4 Å². The molecular formula is C18H16BrN3O2S. The van der Waals surface area contributed by atoms with Gasteiger partial charge in [0.25, 0.3) is 0 Å². The summed E-state index contributed by atoms with van der Waals surface area (Å²) in [5.74, 6) is 1.30. The number of nitrogens with zero attached hydrogens (tertiary/aromatic N) is 3. The number of hydrogen-bond donors (Lipinski definition) is 0. The zero-order valence-corrected chi connectivity index (χ0v) is 16.0. The minimum atomic E-state index is -0.293. The van der Waals surface area contributed by atoms with Gasteiger partial charge in [-0.2, -0.15) is 0 Å². The van der Waals surface area contributed by atoms with Crippen LogP contribution in [0.2, 0.25) is 0 Å². The molecule has 3 aromatic rings. The molecule has 0 aliphatic carbocycles. The Bertz CT molecular complexity index is 872. The van der Waals surface area contributed by atoms with Gasteiger partial charge in [-0.05, 0) is 31.2 Å². The summed E-state index contributed by atoms with van der Waals surface area (Å²) in [6.45, 7) is 6.18. The largest absolute Gasteiger partial charge is 0.461 e. The molecule has 25 heavy (non-hydrogen) atoms. The van der Waals surface area contributed by atoms with Crippen molar-refractivity contribution in [3.05, 3.63) is 65.4 Å². The van der Waals surface area contributed by atoms with Crippen molar-refractivity contribution in [2.75, 3.05) is 0 Å². The van der Waals surface area contributed by atoms with Gasteiger partial charge in [-0.1, -0.05) is 45.9 Å². The minimum Gasteiger partial charge on any atom is -0.461 e. The standard InChI is InChI=1S/C18H16BrN3O2S/c1-3-10-22-17(15-5-4-11-24-15)20-21-18(22)25-12(2)16(23)13-6-8-14(19)9-7-13/h3-9,11-12H,1,10H2,2H3. The molecule has 0 bridgehead atoms. The number of furan rings is 1. The second-order valence-corrected chi connectivity index (χ2v) is 7.54. The Balaban J connectivity index is 1.83. The van der Waals surface area contributed by atoms with Crippen molar-refractivity contribution in [3.63, 3.8) is 0 Å². The Labute approximate surface area is 158 Å². The SMILES string of the molecule is C=CCn1c(SC(C)C(=O)c2ccc(Br)cc2)nnc1-c1ccco1. The second-order valence-electron chi connectivity index (χ2n) is 5.31. The smallest absolute Gasteiger partial charge is 0.200 e. The van der Waals surface area contributed by atoms with E-state index in [0.29, 0.717) is 28.8 Å². The van der Waals surface area contributed by atoms with Crippen LogP contribution in [0.4, 0.5) is 0 Å². The maximum Gasteiger partial charge on any atom is 0.200 e. The molecule has 0 radical (unpaired) electrons. The molecular weight excluding hydrogens is 402 g/mol. The maximum atomic E-state index is 12.6. The number of Topliss-reactive ketones (excluding diaryl/α,β-unsaturated/α-hetero) is 1. The van der Waals surface area contributed by atoms with E-state index >= 15 is 0 Å². The quantitative estimate of drug-likeness (QED) is 0.312. The van der Waals surface area contributed by atoms with Crippen LogP contribution in [0.3, 0.4) is 0 Å². The molecule has 1 unspecified atom stereocenters. The van der Waals surface area contributed by atoms with Crippen molar-refractivity contribution in [2.45, 2.75) is 23.9 Å². The Morgan fingerprint density at radius 3 is 2.76 bits per heavy atom. The van der Waals surface area contributed by atoms with Crippen molar-refractivity contribution < 1.29 is 9.21 Å². The Morgan fingerprint density at radius 1 is 1.36 bits per heavy atom. The molecule has 3 rings (SSSR count). The van der Waals surface area contributed by atoms with E-state index in [1.807, 2.05) is 41.8 Å². The number of thioether (sulfide) groups is 1. The fourth-order valence-electron chi connectivity index (χ4n) is 2.32. The van der Waals surface area contributed by atoms with E-state index in [1.165, 1.54) is 11.8 Å². The van der Waals surface area contributed by atoms with Gasteiger partial charge in [0, 0.05) is 16.6 Å². The van der Waals surface area contributed by atoms with Crippen molar-refractivity contribution in [2.24, 2.45) is 0 Å². The average molecular weight is 418 g/mol. The number of hydrogen-bond acceptors (Lipinski definition) is 5. The topological polar surface area (TPSA) is 60.9 Å². The fraction of sp³-hybridized carbons (Fsp3) is 0.167. The summed E-state index contributed by atoms with van der Waals surface area (Å²) in [6, 6.07) is 11.0. The summed E-state index contributed by atoms with van der Waals surface area (Å²) in [4.78, 5) is 12.6. The predicted octanol–water partition coefficient (Wildman–Crippen LogP) is 4.85. The highest BCUT2D eigenvalue weighted by molar-refractivity contribution is 9.10. The van der Waals surface area contributed by atoms with E-state index in [0.717, 1.165) is 4.47 Å². The summed E-state index contributed by atoms with van der Waals surface area (Å²) in [7, 11) is 0. The number of ketones is 1. The Morgan fingerprint density at radius 2 is 2.12 bits per heavy atom. The molecule has 0 aliphatic rings. The molecule has 128 valence electrons. The molecule has 5 nitrogen and oxygen atoms in total. The van der Waals surface area contributed by atoms with Crippen molar-refractivity contribution >= 4 is 33.5 Å². The summed E-state index contributed by atoms with van der Waals surface area (Å²) in [5, 5.41) is 8.80. The number of carbonyl (C=O) groups excluding carboxylic acids is 1. The molecule has 7 heteroatoms. The highest BCUT2D eigenvalue weighted by atomic mass is 79.9. The first-order valence-corrected chi connectivity index (χ1v) is 9.32. The lowest BCUT2D eigenvalue weighted by Gasteiger charge is -2.11. The van der Waals surface area contributed by atoms with Gasteiger partial charge in [-0.3, -0.25) is 9.36 Å². The van der Waals surface area contributed by atoms with Gasteiger partial charge in [0.1, 0.15) is 0 Å². The number of carbonyl (C=O) groups is 1. The number of benzene rings is 1. The van der Waals surface area contributed by atoms with Gasteiger partial charge in [0.05, 0.1) is 11.5 Å². The molecule has 0 N–H and O–H groups in total. The molecule has 0 spiro atoms. The maximum absolute atomic E-state index is 12.6. The van der Waals surface area contributed by atoms with E-state index < -0.39 is 0 Å². The average Bonchev–Trinajstić information content (AvgIpc) is 3.26. The van der Waals surface area contributed by atoms with Crippen LogP contribution in [0.25, 0.3) is 11.6 Å². The third-order valence-corrected chi connectivity index (χ3v) is 5.16. The first-order chi connectivity index (χ1) is 12.1. The molecule has 1 atom stereocenters. The van der Waals surface area contributed by atoms with Crippen LogP contribution in [0.15, 0.2) is 69.4 Å². The van der Waals surface area contributed by atoms with Crippen LogP contribution in [-0.2, 0) is 6.54 Å². The first kappa shape index (κ1) is 17.7. The Hall–Kier alpha value is -2.12. The van der Waals surface area contributed by atoms with E-state index in [-0.39, 0.29) is 11.0 Å². The minimum absolute atomic E-state index is 0.0465. The van der Waals surface area contributed by atoms with Gasteiger partial charge in [-0.15, -0.1) is 16.8 Å². The van der Waals surface area contributed by atoms with E-state index in [4.69, 9.17) is 4.42 Å². The van der Waals surface area contributed by atoms with Crippen LogP contribution in [0.1, 0.15) is 17.3 Å². The monoisotopic (exact) mass is 417 g/mol. The van der Waals surface area contributed by atoms with Gasteiger partial charge < -0.3 is 4.42 Å². The molecule has 2 heterocycles.